The molecular formula is C17H11F3O2. The molecule has 0 saturated heterocycles. The van der Waals surface area contributed by atoms with Gasteiger partial charge in [0.05, 0.1) is 5.56 Å². The summed E-state index contributed by atoms with van der Waals surface area (Å²) in [7, 11) is 0. The monoisotopic (exact) mass is 304 g/mol. The quantitative estimate of drug-likeness (QED) is 0.845. The first-order valence-corrected chi connectivity index (χ1v) is 6.69. The number of halogens is 3. The number of carboxylic acid groups (broad SMARTS) is 1. The molecule has 1 aliphatic rings. The van der Waals surface area contributed by atoms with Crippen LogP contribution in [0.1, 0.15) is 33.5 Å². The fourth-order valence-corrected chi connectivity index (χ4v) is 2.64. The van der Waals surface area contributed by atoms with E-state index in [4.69, 9.17) is 5.11 Å². The molecule has 0 spiro atoms. The molecule has 0 radical (unpaired) electrons. The Morgan fingerprint density at radius 3 is 2.41 bits per heavy atom. The van der Waals surface area contributed by atoms with Gasteiger partial charge in [-0.15, -0.1) is 0 Å². The van der Waals surface area contributed by atoms with E-state index >= 15 is 0 Å². The van der Waals surface area contributed by atoms with Crippen LogP contribution in [0.5, 0.6) is 0 Å². The van der Waals surface area contributed by atoms with Crippen LogP contribution in [0.25, 0.3) is 5.57 Å². The third kappa shape index (κ3) is 2.39. The summed E-state index contributed by atoms with van der Waals surface area (Å²) in [5, 5.41) is 9.08. The van der Waals surface area contributed by atoms with E-state index in [0.29, 0.717) is 30.0 Å². The van der Waals surface area contributed by atoms with Gasteiger partial charge in [0.1, 0.15) is 5.82 Å². The molecule has 0 atom stereocenters. The SMILES string of the molecule is O=C(O)c1ccc2c(c1)C(c1cc(F)c(F)cc1F)=CCC2. The lowest BCUT2D eigenvalue weighted by Gasteiger charge is -2.19. The maximum absolute atomic E-state index is 14.0. The summed E-state index contributed by atoms with van der Waals surface area (Å²) in [5.74, 6) is -4.37. The number of aromatic carboxylic acids is 1. The van der Waals surface area contributed by atoms with Crippen LogP contribution in [-0.4, -0.2) is 11.1 Å². The van der Waals surface area contributed by atoms with Crippen LogP contribution in [0, 0.1) is 17.5 Å². The van der Waals surface area contributed by atoms with E-state index in [1.165, 1.54) is 12.1 Å². The first kappa shape index (κ1) is 14.4. The summed E-state index contributed by atoms with van der Waals surface area (Å²) in [6, 6.07) is 5.89. The van der Waals surface area contributed by atoms with Gasteiger partial charge in [0.15, 0.2) is 11.6 Å². The fraction of sp³-hybridized carbons (Fsp3) is 0.118. The van der Waals surface area contributed by atoms with Crippen LogP contribution in [0.15, 0.2) is 36.4 Å². The molecule has 2 aromatic carbocycles. The van der Waals surface area contributed by atoms with Gasteiger partial charge in [-0.3, -0.25) is 0 Å². The molecule has 2 aromatic rings. The fourth-order valence-electron chi connectivity index (χ4n) is 2.64. The Balaban J connectivity index is 2.18. The second kappa shape index (κ2) is 5.33. The zero-order valence-corrected chi connectivity index (χ0v) is 11.4. The number of carboxylic acids is 1. The van der Waals surface area contributed by atoms with Crippen molar-refractivity contribution in [2.75, 3.05) is 0 Å². The van der Waals surface area contributed by atoms with Crippen LogP contribution in [0.4, 0.5) is 13.2 Å². The second-order valence-corrected chi connectivity index (χ2v) is 5.08. The van der Waals surface area contributed by atoms with E-state index in [-0.39, 0.29) is 11.1 Å². The maximum Gasteiger partial charge on any atom is 0.335 e. The summed E-state index contributed by atoms with van der Waals surface area (Å²) >= 11 is 0. The number of hydrogen-bond donors (Lipinski definition) is 1. The van der Waals surface area contributed by atoms with Crippen LogP contribution < -0.4 is 0 Å². The molecule has 0 saturated carbocycles. The predicted octanol–water partition coefficient (Wildman–Crippen LogP) is 4.18. The Labute approximate surface area is 124 Å². The lowest BCUT2D eigenvalue weighted by atomic mass is 9.85. The van der Waals surface area contributed by atoms with Gasteiger partial charge in [0, 0.05) is 11.6 Å². The van der Waals surface area contributed by atoms with Gasteiger partial charge in [-0.2, -0.15) is 0 Å². The van der Waals surface area contributed by atoms with Gasteiger partial charge in [0.25, 0.3) is 0 Å². The number of allylic oxidation sites excluding steroid dienone is 1. The molecule has 0 aliphatic heterocycles. The van der Waals surface area contributed by atoms with Crippen molar-refractivity contribution in [3.63, 3.8) is 0 Å². The minimum atomic E-state index is -1.25. The summed E-state index contributed by atoms with van der Waals surface area (Å²) < 4.78 is 40.5. The summed E-state index contributed by atoms with van der Waals surface area (Å²) in [4.78, 5) is 11.1. The molecule has 1 N–H and O–H groups in total. The Morgan fingerprint density at radius 2 is 1.68 bits per heavy atom. The maximum atomic E-state index is 14.0. The van der Waals surface area contributed by atoms with Crippen molar-refractivity contribution in [1.82, 2.24) is 0 Å². The molecule has 5 heteroatoms. The third-order valence-corrected chi connectivity index (χ3v) is 3.71. The molecule has 1 aliphatic carbocycles. The molecule has 22 heavy (non-hydrogen) atoms. The summed E-state index contributed by atoms with van der Waals surface area (Å²) in [6.07, 6.45) is 3.01. The highest BCUT2D eigenvalue weighted by molar-refractivity contribution is 5.91. The van der Waals surface area contributed by atoms with Crippen LogP contribution in [0.2, 0.25) is 0 Å². The van der Waals surface area contributed by atoms with Gasteiger partial charge < -0.3 is 5.11 Å². The lowest BCUT2D eigenvalue weighted by molar-refractivity contribution is 0.0697. The Kier molecular flexibility index (Phi) is 3.48. The Morgan fingerprint density at radius 1 is 0.955 bits per heavy atom. The zero-order chi connectivity index (χ0) is 15.9. The molecule has 0 heterocycles. The topological polar surface area (TPSA) is 37.3 Å². The van der Waals surface area contributed by atoms with Crippen molar-refractivity contribution >= 4 is 11.5 Å². The highest BCUT2D eigenvalue weighted by atomic mass is 19.2. The van der Waals surface area contributed by atoms with Crippen molar-refractivity contribution in [1.29, 1.82) is 0 Å². The number of hydrogen-bond acceptors (Lipinski definition) is 1. The molecule has 0 bridgehead atoms. The van der Waals surface area contributed by atoms with E-state index in [1.807, 2.05) is 0 Å². The van der Waals surface area contributed by atoms with Crippen molar-refractivity contribution < 1.29 is 23.1 Å². The number of carbonyl (C=O) groups is 1. The van der Waals surface area contributed by atoms with Gasteiger partial charge >= 0.3 is 5.97 Å². The number of fused-ring (bicyclic) bond motifs is 1. The first-order chi connectivity index (χ1) is 10.5. The molecule has 3 rings (SSSR count). The number of aryl methyl sites for hydroxylation is 1. The van der Waals surface area contributed by atoms with E-state index in [0.717, 1.165) is 11.6 Å². The Hall–Kier alpha value is -2.56. The first-order valence-electron chi connectivity index (χ1n) is 6.69. The number of rotatable bonds is 2. The molecule has 0 aromatic heterocycles. The minimum absolute atomic E-state index is 0.0644. The smallest absolute Gasteiger partial charge is 0.335 e. The summed E-state index contributed by atoms with van der Waals surface area (Å²) in [6.45, 7) is 0. The molecule has 0 amide bonds. The molecule has 2 nitrogen and oxygen atoms in total. The van der Waals surface area contributed by atoms with E-state index in [9.17, 15) is 18.0 Å². The van der Waals surface area contributed by atoms with E-state index < -0.39 is 23.4 Å². The highest BCUT2D eigenvalue weighted by Crippen LogP contribution is 2.34. The van der Waals surface area contributed by atoms with Crippen molar-refractivity contribution in [3.8, 4) is 0 Å². The minimum Gasteiger partial charge on any atom is -0.478 e. The average molecular weight is 304 g/mol. The largest absolute Gasteiger partial charge is 0.478 e. The highest BCUT2D eigenvalue weighted by Gasteiger charge is 2.20. The zero-order valence-electron chi connectivity index (χ0n) is 11.4. The standard InChI is InChI=1S/C17H11F3O2/c18-14-8-16(20)15(19)7-13(14)11-3-1-2-9-4-5-10(17(21)22)6-12(9)11/h3-8H,1-2H2,(H,21,22). The van der Waals surface area contributed by atoms with Gasteiger partial charge in [-0.25, -0.2) is 18.0 Å². The van der Waals surface area contributed by atoms with Crippen molar-refractivity contribution in [2.45, 2.75) is 12.8 Å². The molecule has 112 valence electrons. The molecule has 0 fully saturated rings. The normalized spacial score (nSPS) is 13.5. The van der Waals surface area contributed by atoms with E-state index in [1.54, 1.807) is 12.1 Å². The third-order valence-electron chi connectivity index (χ3n) is 3.71. The van der Waals surface area contributed by atoms with Gasteiger partial charge in [-0.05, 0) is 47.7 Å². The number of benzene rings is 2. The average Bonchev–Trinajstić information content (AvgIpc) is 2.50. The van der Waals surface area contributed by atoms with Crippen LogP contribution >= 0.6 is 0 Å². The van der Waals surface area contributed by atoms with E-state index in [2.05, 4.69) is 0 Å². The van der Waals surface area contributed by atoms with Crippen LogP contribution in [-0.2, 0) is 6.42 Å². The lowest BCUT2D eigenvalue weighted by Crippen LogP contribution is -2.06. The predicted molar refractivity (Wildman–Crippen MR) is 75.1 cm³/mol. The molecular weight excluding hydrogens is 293 g/mol. The Bertz CT molecular complexity index is 810. The molecule has 0 unspecified atom stereocenters. The van der Waals surface area contributed by atoms with Crippen molar-refractivity contribution in [3.05, 3.63) is 76.1 Å². The summed E-state index contributed by atoms with van der Waals surface area (Å²) in [5.41, 5.74) is 1.78. The van der Waals surface area contributed by atoms with Gasteiger partial charge in [0.2, 0.25) is 0 Å². The van der Waals surface area contributed by atoms with Crippen LogP contribution in [0.3, 0.4) is 0 Å². The second-order valence-electron chi connectivity index (χ2n) is 5.08. The van der Waals surface area contributed by atoms with Crippen molar-refractivity contribution in [2.24, 2.45) is 0 Å². The van der Waals surface area contributed by atoms with Gasteiger partial charge in [-0.1, -0.05) is 12.1 Å².